The molecule has 2 N–H and O–H groups in total. The summed E-state index contributed by atoms with van der Waals surface area (Å²) in [4.78, 5) is 26.0. The highest BCUT2D eigenvalue weighted by molar-refractivity contribution is 5.80. The molecule has 2 aromatic rings. The number of rotatable bonds is 1. The Labute approximate surface area is 115 Å². The molecule has 0 atom stereocenters. The lowest BCUT2D eigenvalue weighted by molar-refractivity contribution is -0.136. The molecule has 1 aromatic heterocycles. The average Bonchev–Trinajstić information content (AvgIpc) is 2.62. The number of hydrogen-bond donors (Lipinski definition) is 2. The van der Waals surface area contributed by atoms with E-state index in [0.29, 0.717) is 0 Å². The van der Waals surface area contributed by atoms with Gasteiger partial charge in [-0.15, -0.1) is 0 Å². The Hall–Kier alpha value is -2.45. The van der Waals surface area contributed by atoms with Crippen LogP contribution in [0.5, 0.6) is 0 Å². The normalized spacial score (nSPS) is 16.2. The first kappa shape index (κ1) is 13.5. The van der Waals surface area contributed by atoms with Crippen LogP contribution in [-0.2, 0) is 6.18 Å². The number of H-pyrrole nitrogens is 1. The number of halogens is 3. The summed E-state index contributed by atoms with van der Waals surface area (Å²) in [7, 11) is 0. The van der Waals surface area contributed by atoms with E-state index in [-0.39, 0.29) is 24.1 Å². The number of alkyl halides is 3. The summed E-state index contributed by atoms with van der Waals surface area (Å²) in [5.74, 6) is 0. The van der Waals surface area contributed by atoms with Gasteiger partial charge in [-0.05, 0) is 12.1 Å². The Morgan fingerprint density at radius 2 is 2.00 bits per heavy atom. The molecule has 0 bridgehead atoms. The number of nitrogens with one attached hydrogen (secondary N) is 1. The third-order valence-corrected chi connectivity index (χ3v) is 3.54. The zero-order valence-electron chi connectivity index (χ0n) is 10.5. The fraction of sp³-hybridized carbons (Fsp3) is 0.333. The lowest BCUT2D eigenvalue weighted by Gasteiger charge is -2.37. The number of likely N-dealkylation sites (tertiary alicyclic amines) is 1. The first-order chi connectivity index (χ1) is 9.79. The van der Waals surface area contributed by atoms with Gasteiger partial charge in [0.1, 0.15) is 0 Å². The lowest BCUT2D eigenvalue weighted by Crippen LogP contribution is -2.52. The number of fused-ring (bicyclic) bond motifs is 1. The van der Waals surface area contributed by atoms with Gasteiger partial charge in [-0.1, -0.05) is 6.07 Å². The first-order valence-electron chi connectivity index (χ1n) is 6.07. The van der Waals surface area contributed by atoms with Crippen molar-refractivity contribution in [3.05, 3.63) is 34.2 Å². The van der Waals surface area contributed by atoms with E-state index in [2.05, 4.69) is 4.98 Å². The number of amides is 1. The molecule has 1 saturated heterocycles. The summed E-state index contributed by atoms with van der Waals surface area (Å²) >= 11 is 0. The molecule has 1 fully saturated rings. The van der Waals surface area contributed by atoms with Gasteiger partial charge in [0.25, 0.3) is 0 Å². The molecule has 1 aliphatic heterocycles. The maximum Gasteiger partial charge on any atom is 0.418 e. The minimum absolute atomic E-state index is 0.00557. The molecule has 3 rings (SSSR count). The van der Waals surface area contributed by atoms with E-state index < -0.39 is 29.6 Å². The number of benzene rings is 1. The summed E-state index contributed by atoms with van der Waals surface area (Å²) in [5.41, 5.74) is -1.72. The van der Waals surface area contributed by atoms with E-state index in [1.54, 1.807) is 0 Å². The van der Waals surface area contributed by atoms with Crippen LogP contribution in [0.4, 0.5) is 18.0 Å². The molecule has 0 radical (unpaired) electrons. The fourth-order valence-electron chi connectivity index (χ4n) is 2.53. The highest BCUT2D eigenvalue weighted by Gasteiger charge is 2.38. The fourth-order valence-corrected chi connectivity index (χ4v) is 2.53. The van der Waals surface area contributed by atoms with Crippen LogP contribution >= 0.6 is 0 Å². The molecule has 6 nitrogen and oxygen atoms in total. The zero-order valence-corrected chi connectivity index (χ0v) is 10.5. The standard InChI is InChI=1S/C12H10F3N3O3/c13-12(14,15)7-2-1-3-8-9(7)18(10(19)16-8)6-4-17(5-6)11(20)21/h1-3,6H,4-5H2,(H,16,19)(H,20,21). The van der Waals surface area contributed by atoms with Crippen molar-refractivity contribution >= 4 is 17.1 Å². The number of nitrogens with zero attached hydrogens (tertiary/aromatic N) is 2. The van der Waals surface area contributed by atoms with E-state index in [4.69, 9.17) is 5.11 Å². The highest BCUT2D eigenvalue weighted by Crippen LogP contribution is 2.35. The highest BCUT2D eigenvalue weighted by atomic mass is 19.4. The molecule has 1 aliphatic rings. The molecule has 9 heteroatoms. The van der Waals surface area contributed by atoms with Gasteiger partial charge in [0.2, 0.25) is 0 Å². The van der Waals surface area contributed by atoms with Gasteiger partial charge in [-0.25, -0.2) is 9.59 Å². The molecule has 1 aromatic carbocycles. The van der Waals surface area contributed by atoms with Crippen molar-refractivity contribution in [3.8, 4) is 0 Å². The van der Waals surface area contributed by atoms with Crippen molar-refractivity contribution < 1.29 is 23.1 Å². The number of carbonyl (C=O) groups is 1. The molecular formula is C12H10F3N3O3. The second-order valence-corrected chi connectivity index (χ2v) is 4.84. The number of para-hydroxylation sites is 1. The Balaban J connectivity index is 2.13. The number of aromatic amines is 1. The monoisotopic (exact) mass is 301 g/mol. The third kappa shape index (κ3) is 2.05. The summed E-state index contributed by atoms with van der Waals surface area (Å²) in [6.07, 6.45) is -5.75. The maximum absolute atomic E-state index is 13.1. The Morgan fingerprint density at radius 3 is 2.57 bits per heavy atom. The van der Waals surface area contributed by atoms with Crippen LogP contribution in [0.2, 0.25) is 0 Å². The van der Waals surface area contributed by atoms with Gasteiger partial charge in [0.05, 0.1) is 22.6 Å². The van der Waals surface area contributed by atoms with Gasteiger partial charge in [-0.2, -0.15) is 13.2 Å². The second-order valence-electron chi connectivity index (χ2n) is 4.84. The van der Waals surface area contributed by atoms with Crippen LogP contribution in [0.15, 0.2) is 23.0 Å². The van der Waals surface area contributed by atoms with Crippen molar-refractivity contribution in [3.63, 3.8) is 0 Å². The van der Waals surface area contributed by atoms with Crippen LogP contribution in [-0.4, -0.2) is 38.7 Å². The lowest BCUT2D eigenvalue weighted by atomic mass is 10.1. The van der Waals surface area contributed by atoms with E-state index >= 15 is 0 Å². The minimum atomic E-state index is -4.59. The van der Waals surface area contributed by atoms with Crippen molar-refractivity contribution in [2.75, 3.05) is 13.1 Å². The predicted octanol–water partition coefficient (Wildman–Crippen LogP) is 1.88. The van der Waals surface area contributed by atoms with Gasteiger partial charge >= 0.3 is 18.0 Å². The van der Waals surface area contributed by atoms with Crippen molar-refractivity contribution in [2.24, 2.45) is 0 Å². The van der Waals surface area contributed by atoms with E-state index in [1.165, 1.54) is 12.1 Å². The molecule has 21 heavy (non-hydrogen) atoms. The Bertz CT molecular complexity index is 771. The number of hydrogen-bond acceptors (Lipinski definition) is 2. The maximum atomic E-state index is 13.1. The van der Waals surface area contributed by atoms with Crippen molar-refractivity contribution in [1.82, 2.24) is 14.5 Å². The second kappa shape index (κ2) is 4.27. The zero-order chi connectivity index (χ0) is 15.4. The molecule has 0 saturated carbocycles. The molecule has 0 aliphatic carbocycles. The SMILES string of the molecule is O=C(O)N1CC(n2c(=O)[nH]c3cccc(C(F)(F)F)c32)C1. The van der Waals surface area contributed by atoms with E-state index in [0.717, 1.165) is 15.5 Å². The largest absolute Gasteiger partial charge is 0.465 e. The smallest absolute Gasteiger partial charge is 0.418 e. The predicted molar refractivity (Wildman–Crippen MR) is 66.2 cm³/mol. The van der Waals surface area contributed by atoms with Gasteiger partial charge in [0, 0.05) is 13.1 Å². The van der Waals surface area contributed by atoms with Crippen LogP contribution in [0.25, 0.3) is 11.0 Å². The van der Waals surface area contributed by atoms with Crippen LogP contribution in [0.3, 0.4) is 0 Å². The van der Waals surface area contributed by atoms with Crippen LogP contribution < -0.4 is 5.69 Å². The molecule has 0 spiro atoms. The van der Waals surface area contributed by atoms with Crippen molar-refractivity contribution in [1.29, 1.82) is 0 Å². The third-order valence-electron chi connectivity index (χ3n) is 3.54. The average molecular weight is 301 g/mol. The Kier molecular flexibility index (Phi) is 2.75. The number of carboxylic acid groups (broad SMARTS) is 1. The summed E-state index contributed by atoms with van der Waals surface area (Å²) in [6, 6.07) is 2.91. The van der Waals surface area contributed by atoms with Crippen LogP contribution in [0.1, 0.15) is 11.6 Å². The van der Waals surface area contributed by atoms with Gasteiger partial charge < -0.3 is 15.0 Å². The molecule has 1 amide bonds. The van der Waals surface area contributed by atoms with E-state index in [1.807, 2.05) is 0 Å². The number of imidazole rings is 1. The summed E-state index contributed by atoms with van der Waals surface area (Å²) < 4.78 is 40.2. The Morgan fingerprint density at radius 1 is 1.33 bits per heavy atom. The summed E-state index contributed by atoms with van der Waals surface area (Å²) in [6.45, 7) is -0.0111. The molecule has 2 heterocycles. The van der Waals surface area contributed by atoms with Crippen molar-refractivity contribution in [2.45, 2.75) is 12.2 Å². The molecular weight excluding hydrogens is 291 g/mol. The quantitative estimate of drug-likeness (QED) is 0.844. The molecule has 112 valence electrons. The van der Waals surface area contributed by atoms with E-state index in [9.17, 15) is 22.8 Å². The minimum Gasteiger partial charge on any atom is -0.465 e. The van der Waals surface area contributed by atoms with Gasteiger partial charge in [-0.3, -0.25) is 4.57 Å². The number of aromatic nitrogens is 2. The first-order valence-corrected chi connectivity index (χ1v) is 6.07. The van der Waals surface area contributed by atoms with Crippen LogP contribution in [0, 0.1) is 0 Å². The molecule has 0 unspecified atom stereocenters. The van der Waals surface area contributed by atoms with Gasteiger partial charge in [0.15, 0.2) is 0 Å². The summed E-state index contributed by atoms with van der Waals surface area (Å²) in [5, 5.41) is 8.77. The topological polar surface area (TPSA) is 78.3 Å².